The molecule has 23 heavy (non-hydrogen) atoms. The highest BCUT2D eigenvalue weighted by Crippen LogP contribution is 2.37. The molecule has 1 aromatic rings. The Morgan fingerprint density at radius 2 is 1.65 bits per heavy atom. The molecule has 1 fully saturated rings. The molecule has 0 aliphatic heterocycles. The molecule has 1 aliphatic rings. The van der Waals surface area contributed by atoms with E-state index in [0.29, 0.717) is 11.8 Å². The van der Waals surface area contributed by atoms with Gasteiger partial charge in [0.15, 0.2) is 0 Å². The lowest BCUT2D eigenvalue weighted by Crippen LogP contribution is -2.17. The molecule has 0 saturated heterocycles. The number of hydrogen-bond acceptors (Lipinski definition) is 1. The van der Waals surface area contributed by atoms with Crippen molar-refractivity contribution in [3.63, 3.8) is 0 Å². The first kappa shape index (κ1) is 17.8. The molecule has 0 radical (unpaired) electrons. The van der Waals surface area contributed by atoms with Crippen LogP contribution < -0.4 is 4.74 Å². The summed E-state index contributed by atoms with van der Waals surface area (Å²) in [6.07, 6.45) is -0.158. The van der Waals surface area contributed by atoms with E-state index >= 15 is 0 Å². The largest absolute Gasteiger partial charge is 0.573 e. The van der Waals surface area contributed by atoms with Gasteiger partial charge in [-0.15, -0.1) is 13.2 Å². The van der Waals surface area contributed by atoms with Crippen LogP contribution in [0.15, 0.2) is 36.4 Å². The van der Waals surface area contributed by atoms with E-state index < -0.39 is 12.8 Å². The molecule has 1 aromatic carbocycles. The maximum Gasteiger partial charge on any atom is 0.573 e. The highest BCUT2D eigenvalue weighted by Gasteiger charge is 2.31. The van der Waals surface area contributed by atoms with E-state index in [1.807, 2.05) is 6.08 Å². The van der Waals surface area contributed by atoms with Gasteiger partial charge in [0.1, 0.15) is 5.75 Å². The fourth-order valence-corrected chi connectivity index (χ4v) is 2.96. The number of allylic oxidation sites excluding steroid dienone is 2. The Hall–Kier alpha value is -1.59. The van der Waals surface area contributed by atoms with Gasteiger partial charge in [0.25, 0.3) is 0 Å². The van der Waals surface area contributed by atoms with E-state index in [1.54, 1.807) is 18.2 Å². The average Bonchev–Trinajstić information content (AvgIpc) is 2.47. The maximum absolute atomic E-state index is 12.1. The molecule has 0 heterocycles. The summed E-state index contributed by atoms with van der Waals surface area (Å²) >= 11 is 0. The zero-order chi connectivity index (χ0) is 16.9. The van der Waals surface area contributed by atoms with Gasteiger partial charge >= 0.3 is 6.36 Å². The van der Waals surface area contributed by atoms with Gasteiger partial charge in [0, 0.05) is 6.42 Å². The molecule has 0 amide bonds. The Kier molecular flexibility index (Phi) is 6.02. The third kappa shape index (κ3) is 6.20. The number of alkyl halides is 5. The van der Waals surface area contributed by atoms with E-state index in [0.717, 1.165) is 31.2 Å². The molecule has 1 saturated carbocycles. The lowest BCUT2D eigenvalue weighted by atomic mass is 9.78. The minimum atomic E-state index is -4.68. The summed E-state index contributed by atoms with van der Waals surface area (Å²) < 4.78 is 64.4. The zero-order valence-electron chi connectivity index (χ0n) is 12.5. The second-order valence-corrected chi connectivity index (χ2v) is 5.78. The highest BCUT2D eigenvalue weighted by atomic mass is 19.4. The second-order valence-electron chi connectivity index (χ2n) is 5.78. The molecule has 128 valence electrons. The van der Waals surface area contributed by atoms with Crippen LogP contribution in [0, 0.1) is 5.92 Å². The summed E-state index contributed by atoms with van der Waals surface area (Å²) in [6, 6.07) is 5.99. The lowest BCUT2D eigenvalue weighted by Gasteiger charge is -2.27. The Morgan fingerprint density at radius 1 is 1.04 bits per heavy atom. The molecule has 6 heteroatoms. The first-order valence-electron chi connectivity index (χ1n) is 7.64. The van der Waals surface area contributed by atoms with Crippen LogP contribution in [0.3, 0.4) is 0 Å². The van der Waals surface area contributed by atoms with Crippen molar-refractivity contribution < 1.29 is 26.7 Å². The third-order valence-electron chi connectivity index (χ3n) is 4.08. The van der Waals surface area contributed by atoms with Crippen LogP contribution in [-0.4, -0.2) is 12.8 Å². The monoisotopic (exact) mass is 334 g/mol. The Balaban J connectivity index is 1.84. The molecule has 0 spiro atoms. The van der Waals surface area contributed by atoms with Crippen LogP contribution >= 0.6 is 0 Å². The first-order chi connectivity index (χ1) is 10.8. The van der Waals surface area contributed by atoms with E-state index in [1.165, 1.54) is 12.1 Å². The lowest BCUT2D eigenvalue weighted by molar-refractivity contribution is -0.274. The minimum absolute atomic E-state index is 0.208. The molecular formula is C17H19F5O. The van der Waals surface area contributed by atoms with Gasteiger partial charge in [0.05, 0.1) is 0 Å². The maximum atomic E-state index is 12.1. The summed E-state index contributed by atoms with van der Waals surface area (Å²) in [5.41, 5.74) is 0.995. The van der Waals surface area contributed by atoms with Crippen molar-refractivity contribution in [1.29, 1.82) is 0 Å². The van der Waals surface area contributed by atoms with Gasteiger partial charge in [-0.05, 0) is 55.2 Å². The van der Waals surface area contributed by atoms with Crippen molar-refractivity contribution in [1.82, 2.24) is 0 Å². The molecule has 0 bridgehead atoms. The van der Waals surface area contributed by atoms with Crippen LogP contribution in [0.5, 0.6) is 5.75 Å². The molecule has 0 aromatic heterocycles. The molecule has 1 nitrogen and oxygen atoms in total. The SMILES string of the molecule is FC(F)C/C=C/C1CCC(c2ccc(OC(F)(F)F)cc2)CC1. The number of benzene rings is 1. The predicted molar refractivity (Wildman–Crippen MR) is 77.6 cm³/mol. The summed E-state index contributed by atoms with van der Waals surface area (Å²) in [7, 11) is 0. The topological polar surface area (TPSA) is 9.23 Å². The van der Waals surface area contributed by atoms with E-state index in [-0.39, 0.29) is 12.2 Å². The van der Waals surface area contributed by atoms with Gasteiger partial charge in [-0.1, -0.05) is 24.3 Å². The fraction of sp³-hybridized carbons (Fsp3) is 0.529. The number of rotatable bonds is 5. The number of hydrogen-bond donors (Lipinski definition) is 0. The molecule has 0 atom stereocenters. The van der Waals surface area contributed by atoms with E-state index in [4.69, 9.17) is 0 Å². The summed E-state index contributed by atoms with van der Waals surface area (Å²) in [5.74, 6) is 0.400. The summed E-state index contributed by atoms with van der Waals surface area (Å²) in [5, 5.41) is 0. The minimum Gasteiger partial charge on any atom is -0.406 e. The Labute approximate surface area is 132 Å². The van der Waals surface area contributed by atoms with E-state index in [9.17, 15) is 22.0 Å². The normalized spacial score (nSPS) is 22.7. The van der Waals surface area contributed by atoms with Crippen molar-refractivity contribution in [2.24, 2.45) is 5.92 Å². The fourth-order valence-electron chi connectivity index (χ4n) is 2.96. The van der Waals surface area contributed by atoms with Gasteiger partial charge in [0.2, 0.25) is 6.43 Å². The van der Waals surface area contributed by atoms with Crippen LogP contribution in [0.25, 0.3) is 0 Å². The Morgan fingerprint density at radius 3 is 2.17 bits per heavy atom. The first-order valence-corrected chi connectivity index (χ1v) is 7.64. The molecule has 1 aliphatic carbocycles. The van der Waals surface area contributed by atoms with Crippen LogP contribution in [0.1, 0.15) is 43.6 Å². The van der Waals surface area contributed by atoms with Crippen molar-refractivity contribution in [2.45, 2.75) is 50.8 Å². The summed E-state index contributed by atoms with van der Waals surface area (Å²) in [4.78, 5) is 0. The van der Waals surface area contributed by atoms with Gasteiger partial charge in [-0.3, -0.25) is 0 Å². The van der Waals surface area contributed by atoms with Gasteiger partial charge in [-0.2, -0.15) is 0 Å². The number of halogens is 5. The van der Waals surface area contributed by atoms with Crippen molar-refractivity contribution in [3.05, 3.63) is 42.0 Å². The van der Waals surface area contributed by atoms with Crippen molar-refractivity contribution >= 4 is 0 Å². The van der Waals surface area contributed by atoms with Gasteiger partial charge in [-0.25, -0.2) is 8.78 Å². The average molecular weight is 334 g/mol. The van der Waals surface area contributed by atoms with E-state index in [2.05, 4.69) is 4.74 Å². The van der Waals surface area contributed by atoms with Gasteiger partial charge < -0.3 is 4.74 Å². The molecule has 2 rings (SSSR count). The van der Waals surface area contributed by atoms with Crippen LogP contribution in [0.2, 0.25) is 0 Å². The van der Waals surface area contributed by atoms with Crippen molar-refractivity contribution in [2.75, 3.05) is 0 Å². The highest BCUT2D eigenvalue weighted by molar-refractivity contribution is 5.30. The van der Waals surface area contributed by atoms with Crippen LogP contribution in [-0.2, 0) is 0 Å². The predicted octanol–water partition coefficient (Wildman–Crippen LogP) is 6.07. The van der Waals surface area contributed by atoms with Crippen molar-refractivity contribution in [3.8, 4) is 5.75 Å². The quantitative estimate of drug-likeness (QED) is 0.469. The zero-order valence-corrected chi connectivity index (χ0v) is 12.5. The summed E-state index contributed by atoms with van der Waals surface area (Å²) in [6.45, 7) is 0. The molecule has 0 N–H and O–H groups in total. The Bertz CT molecular complexity index is 499. The number of ether oxygens (including phenoxy) is 1. The smallest absolute Gasteiger partial charge is 0.406 e. The van der Waals surface area contributed by atoms with Crippen LogP contribution in [0.4, 0.5) is 22.0 Å². The standard InChI is InChI=1S/C17H19F5O/c18-16(19)3-1-2-12-4-6-13(7-5-12)14-8-10-15(11-9-14)23-17(20,21)22/h1-2,8-13,16H,3-7H2/b2-1+. The third-order valence-corrected chi connectivity index (χ3v) is 4.08. The molecular weight excluding hydrogens is 315 g/mol. The molecule has 0 unspecified atom stereocenters. The second kappa shape index (κ2) is 7.79.